The molecule has 1 atom stereocenters. The number of nitrogens with two attached hydrogens (primary N) is 1. The van der Waals surface area contributed by atoms with Crippen LogP contribution in [0.15, 0.2) is 12.1 Å². The monoisotopic (exact) mass is 302 g/mol. The zero-order valence-electron chi connectivity index (χ0n) is 11.5. The summed E-state index contributed by atoms with van der Waals surface area (Å²) in [6.07, 6.45) is 1.04. The summed E-state index contributed by atoms with van der Waals surface area (Å²) in [7, 11) is 0. The van der Waals surface area contributed by atoms with Gasteiger partial charge in [0.25, 0.3) is 5.91 Å². The van der Waals surface area contributed by atoms with Gasteiger partial charge in [0.2, 0.25) is 0 Å². The van der Waals surface area contributed by atoms with E-state index < -0.39 is 0 Å². The molecule has 1 amide bonds. The average Bonchev–Trinajstić information content (AvgIpc) is 2.40. The second-order valence-corrected chi connectivity index (χ2v) is 5.50. The van der Waals surface area contributed by atoms with E-state index in [0.29, 0.717) is 33.8 Å². The predicted octanol–water partition coefficient (Wildman–Crippen LogP) is 4.08. The Morgan fingerprint density at radius 2 is 2.00 bits per heavy atom. The van der Waals surface area contributed by atoms with Crippen LogP contribution in [-0.4, -0.2) is 23.9 Å². The van der Waals surface area contributed by atoms with Crippen LogP contribution in [-0.2, 0) is 0 Å². The van der Waals surface area contributed by atoms with E-state index in [1.165, 1.54) is 0 Å². The highest BCUT2D eigenvalue weighted by Gasteiger charge is 2.18. The summed E-state index contributed by atoms with van der Waals surface area (Å²) >= 11 is 11.9. The summed E-state index contributed by atoms with van der Waals surface area (Å²) in [6, 6.07) is 3.15. The smallest absolute Gasteiger partial charge is 0.253 e. The first-order valence-electron chi connectivity index (χ1n) is 6.44. The Hall–Kier alpha value is -0.930. The summed E-state index contributed by atoms with van der Waals surface area (Å²) in [4.78, 5) is 14.2. The molecule has 1 aromatic carbocycles. The van der Waals surface area contributed by atoms with Crippen molar-refractivity contribution >= 4 is 34.8 Å². The van der Waals surface area contributed by atoms with Gasteiger partial charge in [-0.15, -0.1) is 0 Å². The Kier molecular flexibility index (Phi) is 5.95. The summed E-state index contributed by atoms with van der Waals surface area (Å²) in [5.74, 6) is 0.400. The second-order valence-electron chi connectivity index (χ2n) is 4.72. The number of nitrogens with zero attached hydrogens (tertiary/aromatic N) is 1. The van der Waals surface area contributed by atoms with E-state index in [0.717, 1.165) is 13.0 Å². The molecular formula is C14H20Cl2N2O. The molecule has 0 spiro atoms. The lowest BCUT2D eigenvalue weighted by Gasteiger charge is -2.24. The number of halogens is 2. The lowest BCUT2D eigenvalue weighted by Crippen LogP contribution is -2.34. The SMILES string of the molecule is CCC(C)CN(CC)C(=O)c1cc(N)c(Cl)c(Cl)c1. The lowest BCUT2D eigenvalue weighted by molar-refractivity contribution is 0.0741. The maximum absolute atomic E-state index is 12.4. The first-order chi connectivity index (χ1) is 8.90. The molecule has 0 heterocycles. The molecule has 0 bridgehead atoms. The summed E-state index contributed by atoms with van der Waals surface area (Å²) < 4.78 is 0. The van der Waals surface area contributed by atoms with Crippen molar-refractivity contribution in [1.82, 2.24) is 4.90 Å². The Morgan fingerprint density at radius 1 is 1.37 bits per heavy atom. The number of benzene rings is 1. The molecule has 1 rings (SSSR count). The van der Waals surface area contributed by atoms with Crippen molar-refractivity contribution in [3.63, 3.8) is 0 Å². The standard InChI is InChI=1S/C14H20Cl2N2O/c1-4-9(3)8-18(5-2)14(19)10-6-11(15)13(16)12(17)7-10/h6-7,9H,4-5,8,17H2,1-3H3. The van der Waals surface area contributed by atoms with E-state index >= 15 is 0 Å². The number of hydrogen-bond donors (Lipinski definition) is 1. The second kappa shape index (κ2) is 7.01. The van der Waals surface area contributed by atoms with Gasteiger partial charge in [-0.25, -0.2) is 0 Å². The summed E-state index contributed by atoms with van der Waals surface area (Å²) in [6.45, 7) is 7.58. The van der Waals surface area contributed by atoms with Crippen LogP contribution in [0.1, 0.15) is 37.6 Å². The lowest BCUT2D eigenvalue weighted by atomic mass is 10.1. The topological polar surface area (TPSA) is 46.3 Å². The molecule has 1 aromatic rings. The maximum atomic E-state index is 12.4. The average molecular weight is 303 g/mol. The highest BCUT2D eigenvalue weighted by molar-refractivity contribution is 6.43. The summed E-state index contributed by atoms with van der Waals surface area (Å²) in [5.41, 5.74) is 6.56. The quantitative estimate of drug-likeness (QED) is 0.833. The molecule has 5 heteroatoms. The number of amides is 1. The highest BCUT2D eigenvalue weighted by atomic mass is 35.5. The highest BCUT2D eigenvalue weighted by Crippen LogP contribution is 2.29. The van der Waals surface area contributed by atoms with Crippen LogP contribution in [0.4, 0.5) is 5.69 Å². The maximum Gasteiger partial charge on any atom is 0.253 e. The van der Waals surface area contributed by atoms with Crippen LogP contribution in [0.25, 0.3) is 0 Å². The first-order valence-corrected chi connectivity index (χ1v) is 7.20. The van der Waals surface area contributed by atoms with Crippen molar-refractivity contribution < 1.29 is 4.79 Å². The Labute approximate surface area is 124 Å². The fourth-order valence-electron chi connectivity index (χ4n) is 1.78. The Bertz CT molecular complexity index is 440. The molecule has 0 fully saturated rings. The number of carbonyl (C=O) groups excluding carboxylic acids is 1. The molecule has 0 aromatic heterocycles. The number of rotatable bonds is 5. The number of carbonyl (C=O) groups is 1. The molecule has 106 valence electrons. The molecule has 0 radical (unpaired) electrons. The molecule has 19 heavy (non-hydrogen) atoms. The molecule has 0 aliphatic heterocycles. The molecule has 3 nitrogen and oxygen atoms in total. The minimum atomic E-state index is -0.0620. The molecule has 0 aliphatic rings. The Morgan fingerprint density at radius 3 is 2.47 bits per heavy atom. The fraction of sp³-hybridized carbons (Fsp3) is 0.500. The van der Waals surface area contributed by atoms with Gasteiger partial charge < -0.3 is 10.6 Å². The third-order valence-electron chi connectivity index (χ3n) is 3.20. The largest absolute Gasteiger partial charge is 0.397 e. The van der Waals surface area contributed by atoms with Gasteiger partial charge in [0.15, 0.2) is 0 Å². The minimum Gasteiger partial charge on any atom is -0.397 e. The third-order valence-corrected chi connectivity index (χ3v) is 4.02. The van der Waals surface area contributed by atoms with Crippen molar-refractivity contribution in [3.05, 3.63) is 27.7 Å². The number of hydrogen-bond acceptors (Lipinski definition) is 2. The van der Waals surface area contributed by atoms with E-state index in [9.17, 15) is 4.79 Å². The van der Waals surface area contributed by atoms with Crippen LogP contribution < -0.4 is 5.73 Å². The van der Waals surface area contributed by atoms with Crippen molar-refractivity contribution in [3.8, 4) is 0 Å². The predicted molar refractivity (Wildman–Crippen MR) is 81.9 cm³/mol. The normalized spacial score (nSPS) is 12.3. The summed E-state index contributed by atoms with van der Waals surface area (Å²) in [5, 5.41) is 0.604. The Balaban J connectivity index is 2.98. The fourth-order valence-corrected chi connectivity index (χ4v) is 2.11. The van der Waals surface area contributed by atoms with Crippen LogP contribution in [0.2, 0.25) is 10.0 Å². The van der Waals surface area contributed by atoms with E-state index in [4.69, 9.17) is 28.9 Å². The minimum absolute atomic E-state index is 0.0620. The van der Waals surface area contributed by atoms with Crippen molar-refractivity contribution in [2.75, 3.05) is 18.8 Å². The van der Waals surface area contributed by atoms with Gasteiger partial charge in [-0.2, -0.15) is 0 Å². The van der Waals surface area contributed by atoms with Gasteiger partial charge in [0.1, 0.15) is 0 Å². The molecule has 1 unspecified atom stereocenters. The zero-order valence-corrected chi connectivity index (χ0v) is 13.1. The molecule has 0 saturated heterocycles. The molecule has 2 N–H and O–H groups in total. The van der Waals surface area contributed by atoms with Gasteiger partial charge in [0, 0.05) is 18.7 Å². The molecular weight excluding hydrogens is 283 g/mol. The van der Waals surface area contributed by atoms with E-state index in [2.05, 4.69) is 13.8 Å². The molecule has 0 saturated carbocycles. The first kappa shape index (κ1) is 16.1. The van der Waals surface area contributed by atoms with Crippen LogP contribution in [0, 0.1) is 5.92 Å². The van der Waals surface area contributed by atoms with Gasteiger partial charge in [-0.1, -0.05) is 43.5 Å². The van der Waals surface area contributed by atoms with Crippen molar-refractivity contribution in [2.45, 2.75) is 27.2 Å². The van der Waals surface area contributed by atoms with Crippen molar-refractivity contribution in [1.29, 1.82) is 0 Å². The number of nitrogen functional groups attached to an aromatic ring is 1. The van der Waals surface area contributed by atoms with Crippen molar-refractivity contribution in [2.24, 2.45) is 5.92 Å². The van der Waals surface area contributed by atoms with Crippen LogP contribution >= 0.6 is 23.2 Å². The van der Waals surface area contributed by atoms with E-state index in [1.807, 2.05) is 6.92 Å². The van der Waals surface area contributed by atoms with E-state index in [1.54, 1.807) is 17.0 Å². The van der Waals surface area contributed by atoms with Gasteiger partial charge in [-0.05, 0) is 25.0 Å². The number of anilines is 1. The van der Waals surface area contributed by atoms with Crippen LogP contribution in [0.3, 0.4) is 0 Å². The van der Waals surface area contributed by atoms with E-state index in [-0.39, 0.29) is 5.91 Å². The van der Waals surface area contributed by atoms with Gasteiger partial charge >= 0.3 is 0 Å². The van der Waals surface area contributed by atoms with Gasteiger partial charge in [-0.3, -0.25) is 4.79 Å². The van der Waals surface area contributed by atoms with Crippen LogP contribution in [0.5, 0.6) is 0 Å². The molecule has 0 aliphatic carbocycles. The third kappa shape index (κ3) is 4.02. The zero-order chi connectivity index (χ0) is 14.6. The van der Waals surface area contributed by atoms with Gasteiger partial charge in [0.05, 0.1) is 15.7 Å².